The van der Waals surface area contributed by atoms with Crippen LogP contribution >= 0.6 is 0 Å². The van der Waals surface area contributed by atoms with Crippen molar-refractivity contribution in [2.75, 3.05) is 6.54 Å². The molecule has 0 aliphatic rings. The molecule has 2 amide bonds. The van der Waals surface area contributed by atoms with E-state index in [0.29, 0.717) is 11.3 Å². The Bertz CT molecular complexity index is 564. The molecule has 1 aromatic heterocycles. The van der Waals surface area contributed by atoms with Crippen molar-refractivity contribution >= 4 is 11.8 Å². The number of nitrogens with one attached hydrogen (secondary N) is 2. The third-order valence-electron chi connectivity index (χ3n) is 2.79. The molecular formula is C15H16N2O3. The molecule has 1 atom stereocenters. The van der Waals surface area contributed by atoms with Crippen LogP contribution in [0.3, 0.4) is 0 Å². The quantitative estimate of drug-likeness (QED) is 0.873. The van der Waals surface area contributed by atoms with Gasteiger partial charge in [-0.3, -0.25) is 9.59 Å². The van der Waals surface area contributed by atoms with Gasteiger partial charge in [-0.2, -0.15) is 0 Å². The third-order valence-corrected chi connectivity index (χ3v) is 2.79. The van der Waals surface area contributed by atoms with Gasteiger partial charge in [-0.25, -0.2) is 0 Å². The van der Waals surface area contributed by atoms with Crippen molar-refractivity contribution in [2.24, 2.45) is 0 Å². The summed E-state index contributed by atoms with van der Waals surface area (Å²) in [6.45, 7) is 1.74. The van der Waals surface area contributed by atoms with Gasteiger partial charge >= 0.3 is 0 Å². The van der Waals surface area contributed by atoms with Gasteiger partial charge in [0.15, 0.2) is 0 Å². The van der Waals surface area contributed by atoms with Gasteiger partial charge in [0.25, 0.3) is 5.91 Å². The highest BCUT2D eigenvalue weighted by atomic mass is 16.3. The maximum atomic E-state index is 11.8. The average Bonchev–Trinajstić information content (AvgIpc) is 3.00. The maximum absolute atomic E-state index is 11.8. The molecule has 1 heterocycles. The van der Waals surface area contributed by atoms with Gasteiger partial charge in [0.2, 0.25) is 5.91 Å². The van der Waals surface area contributed by atoms with Gasteiger partial charge in [-0.15, -0.1) is 0 Å². The zero-order valence-corrected chi connectivity index (χ0v) is 11.1. The monoisotopic (exact) mass is 272 g/mol. The van der Waals surface area contributed by atoms with Crippen LogP contribution in [0.15, 0.2) is 53.1 Å². The fourth-order valence-corrected chi connectivity index (χ4v) is 1.75. The van der Waals surface area contributed by atoms with E-state index < -0.39 is 0 Å². The molecule has 0 aliphatic heterocycles. The zero-order chi connectivity index (χ0) is 14.4. The third kappa shape index (κ3) is 3.71. The molecule has 0 saturated carbocycles. The molecule has 1 aromatic carbocycles. The van der Waals surface area contributed by atoms with Gasteiger partial charge in [0, 0.05) is 5.56 Å². The molecule has 0 saturated heterocycles. The summed E-state index contributed by atoms with van der Waals surface area (Å²) in [7, 11) is 0. The van der Waals surface area contributed by atoms with E-state index in [0.717, 1.165) is 0 Å². The summed E-state index contributed by atoms with van der Waals surface area (Å²) in [4.78, 5) is 23.5. The lowest BCUT2D eigenvalue weighted by Gasteiger charge is -2.11. The highest BCUT2D eigenvalue weighted by Gasteiger charge is 2.12. The van der Waals surface area contributed by atoms with Crippen molar-refractivity contribution in [2.45, 2.75) is 13.0 Å². The van der Waals surface area contributed by atoms with Crippen molar-refractivity contribution in [1.29, 1.82) is 0 Å². The van der Waals surface area contributed by atoms with Crippen molar-refractivity contribution < 1.29 is 14.0 Å². The predicted octanol–water partition coefficient (Wildman–Crippen LogP) is 1.89. The number of carbonyl (C=O) groups is 2. The van der Waals surface area contributed by atoms with Crippen LogP contribution in [0.4, 0.5) is 0 Å². The molecule has 104 valence electrons. The van der Waals surface area contributed by atoms with Crippen LogP contribution in [0, 0.1) is 0 Å². The molecule has 2 N–H and O–H groups in total. The Labute approximate surface area is 117 Å². The largest absolute Gasteiger partial charge is 0.467 e. The van der Waals surface area contributed by atoms with Gasteiger partial charge in [0.05, 0.1) is 18.8 Å². The second kappa shape index (κ2) is 6.56. The first-order chi connectivity index (χ1) is 9.66. The van der Waals surface area contributed by atoms with E-state index >= 15 is 0 Å². The summed E-state index contributed by atoms with van der Waals surface area (Å²) in [6, 6.07) is 12.1. The van der Waals surface area contributed by atoms with Crippen molar-refractivity contribution in [1.82, 2.24) is 10.6 Å². The Morgan fingerprint density at radius 3 is 2.55 bits per heavy atom. The molecule has 0 bridgehead atoms. The minimum Gasteiger partial charge on any atom is -0.467 e. The number of furan rings is 1. The Morgan fingerprint density at radius 2 is 1.90 bits per heavy atom. The average molecular weight is 272 g/mol. The number of hydrogen-bond acceptors (Lipinski definition) is 3. The van der Waals surface area contributed by atoms with Crippen LogP contribution in [0.1, 0.15) is 29.1 Å². The minimum atomic E-state index is -0.272. The second-order valence-electron chi connectivity index (χ2n) is 4.35. The van der Waals surface area contributed by atoms with Gasteiger partial charge < -0.3 is 15.1 Å². The van der Waals surface area contributed by atoms with Crippen molar-refractivity contribution in [3.63, 3.8) is 0 Å². The van der Waals surface area contributed by atoms with Crippen molar-refractivity contribution in [3.8, 4) is 0 Å². The van der Waals surface area contributed by atoms with Gasteiger partial charge in [-0.1, -0.05) is 18.2 Å². The maximum Gasteiger partial charge on any atom is 0.251 e. The standard InChI is InChI=1S/C15H16N2O3/c1-11(13-8-5-9-20-13)17-14(18)10-16-15(19)12-6-3-2-4-7-12/h2-9,11H,10H2,1H3,(H,16,19)(H,17,18). The molecule has 2 rings (SSSR count). The fraction of sp³-hybridized carbons (Fsp3) is 0.200. The summed E-state index contributed by atoms with van der Waals surface area (Å²) in [5, 5.41) is 5.31. The number of benzene rings is 1. The molecule has 5 nitrogen and oxygen atoms in total. The lowest BCUT2D eigenvalue weighted by molar-refractivity contribution is -0.120. The Kier molecular flexibility index (Phi) is 4.55. The molecule has 0 aliphatic carbocycles. The molecule has 1 unspecified atom stereocenters. The van der Waals surface area contributed by atoms with E-state index in [-0.39, 0.29) is 24.4 Å². The summed E-state index contributed by atoms with van der Waals surface area (Å²) in [6.07, 6.45) is 1.55. The number of hydrogen-bond donors (Lipinski definition) is 2. The first-order valence-electron chi connectivity index (χ1n) is 6.33. The number of carbonyl (C=O) groups excluding carboxylic acids is 2. The minimum absolute atomic E-state index is 0.0707. The Morgan fingerprint density at radius 1 is 1.15 bits per heavy atom. The Balaban J connectivity index is 1.79. The highest BCUT2D eigenvalue weighted by molar-refractivity contribution is 5.96. The summed E-state index contributed by atoms with van der Waals surface area (Å²) >= 11 is 0. The summed E-state index contributed by atoms with van der Waals surface area (Å²) in [5.41, 5.74) is 0.527. The van der Waals surface area contributed by atoms with E-state index in [9.17, 15) is 9.59 Å². The van der Waals surface area contributed by atoms with Crippen LogP contribution < -0.4 is 10.6 Å². The number of rotatable bonds is 5. The second-order valence-corrected chi connectivity index (χ2v) is 4.35. The smallest absolute Gasteiger partial charge is 0.251 e. The van der Waals surface area contributed by atoms with Crippen LogP contribution in [0.2, 0.25) is 0 Å². The zero-order valence-electron chi connectivity index (χ0n) is 11.1. The number of amides is 2. The molecule has 20 heavy (non-hydrogen) atoms. The normalized spacial score (nSPS) is 11.7. The molecule has 0 radical (unpaired) electrons. The van der Waals surface area contributed by atoms with E-state index in [1.807, 2.05) is 13.0 Å². The molecule has 0 fully saturated rings. The highest BCUT2D eigenvalue weighted by Crippen LogP contribution is 2.11. The lowest BCUT2D eigenvalue weighted by atomic mass is 10.2. The topological polar surface area (TPSA) is 71.3 Å². The van der Waals surface area contributed by atoms with Gasteiger partial charge in [0.1, 0.15) is 5.76 Å². The summed E-state index contributed by atoms with van der Waals surface area (Å²) < 4.78 is 5.19. The fourth-order valence-electron chi connectivity index (χ4n) is 1.75. The van der Waals surface area contributed by atoms with Crippen LogP contribution in [0.25, 0.3) is 0 Å². The van der Waals surface area contributed by atoms with Gasteiger partial charge in [-0.05, 0) is 31.2 Å². The van der Waals surface area contributed by atoms with Crippen LogP contribution in [-0.2, 0) is 4.79 Å². The summed E-state index contributed by atoms with van der Waals surface area (Å²) in [5.74, 6) is 0.136. The Hall–Kier alpha value is -2.56. The molecule has 2 aromatic rings. The first-order valence-corrected chi connectivity index (χ1v) is 6.33. The predicted molar refractivity (Wildman–Crippen MR) is 74.0 cm³/mol. The van der Waals surface area contributed by atoms with Crippen molar-refractivity contribution in [3.05, 3.63) is 60.1 Å². The van der Waals surface area contributed by atoms with E-state index in [1.54, 1.807) is 42.7 Å². The van der Waals surface area contributed by atoms with Crippen LogP contribution in [-0.4, -0.2) is 18.4 Å². The molecule has 0 spiro atoms. The van der Waals surface area contributed by atoms with Crippen LogP contribution in [0.5, 0.6) is 0 Å². The lowest BCUT2D eigenvalue weighted by Crippen LogP contribution is -2.37. The molecular weight excluding hydrogens is 256 g/mol. The molecule has 5 heteroatoms. The van der Waals surface area contributed by atoms with E-state index in [2.05, 4.69) is 10.6 Å². The SMILES string of the molecule is CC(NC(=O)CNC(=O)c1ccccc1)c1ccco1. The van der Waals surface area contributed by atoms with E-state index in [4.69, 9.17) is 4.42 Å². The first kappa shape index (κ1) is 13.9. The van der Waals surface area contributed by atoms with E-state index in [1.165, 1.54) is 0 Å².